The molecule has 11 aromatic carbocycles. The van der Waals surface area contributed by atoms with Crippen molar-refractivity contribution in [1.29, 1.82) is 0 Å². The predicted octanol–water partition coefficient (Wildman–Crippen LogP) is 21.9. The molecule has 0 unspecified atom stereocenters. The van der Waals surface area contributed by atoms with Gasteiger partial charge in [-0.1, -0.05) is 262 Å². The number of hydrogen-bond donors (Lipinski definition) is 0. The summed E-state index contributed by atoms with van der Waals surface area (Å²) in [6.45, 7) is 35.0. The molecule has 4 heteroatoms. The van der Waals surface area contributed by atoms with Gasteiger partial charge in [0.25, 0.3) is 6.71 Å². The second-order valence-corrected chi connectivity index (χ2v) is 30.9. The van der Waals surface area contributed by atoms with Crippen LogP contribution in [0, 0.1) is 0 Å². The molecule has 0 aliphatic carbocycles. The van der Waals surface area contributed by atoms with Crippen LogP contribution in [0.3, 0.4) is 0 Å². The van der Waals surface area contributed by atoms with Crippen LogP contribution in [0.1, 0.15) is 132 Å². The minimum Gasteiger partial charge on any atom is -0.311 e. The standard InChI is InChI=1S/C82H79BN2S/c1-78(2,3)53-35-30-50(31-36-53)58-26-20-27-59(51-32-37-54(38-33-51)79(4,5)6)75(58)85-72-29-21-28-71-74(72)83(77-76(85)67-48-56(81(10,11)12)41-45-73(67)86-77)68-49-57(82(13,14)15)40-44-70(68)84(71)69-43-39-55(80(7,8)9)47-65(69)52-34-42-64-62-24-17-16-22-60(62)61-23-18-19-25-63(61)66(64)46-52/h16-49H,1-15H3. The molecule has 12 aromatic rings. The van der Waals surface area contributed by atoms with Gasteiger partial charge in [-0.05, 0) is 163 Å². The van der Waals surface area contributed by atoms with Gasteiger partial charge in [-0.25, -0.2) is 0 Å². The summed E-state index contributed by atoms with van der Waals surface area (Å²) < 4.78 is 2.68. The molecule has 0 fully saturated rings. The van der Waals surface area contributed by atoms with Crippen LogP contribution in [0.5, 0.6) is 0 Å². The molecule has 0 N–H and O–H groups in total. The molecular formula is C82H79BN2S. The second kappa shape index (κ2) is 19.7. The van der Waals surface area contributed by atoms with Gasteiger partial charge in [0.1, 0.15) is 0 Å². The number of rotatable bonds is 5. The van der Waals surface area contributed by atoms with Gasteiger partial charge in [0, 0.05) is 48.6 Å². The van der Waals surface area contributed by atoms with Crippen LogP contribution in [0.2, 0.25) is 0 Å². The maximum Gasteiger partial charge on any atom is 0.264 e. The lowest BCUT2D eigenvalue weighted by atomic mass is 9.36. The zero-order valence-corrected chi connectivity index (χ0v) is 53.8. The Morgan fingerprint density at radius 3 is 1.26 bits per heavy atom. The van der Waals surface area contributed by atoms with Crippen LogP contribution in [0.15, 0.2) is 206 Å². The van der Waals surface area contributed by atoms with Crippen molar-refractivity contribution in [2.24, 2.45) is 0 Å². The average molecular weight is 1140 g/mol. The quantitative estimate of drug-likeness (QED) is 0.125. The van der Waals surface area contributed by atoms with E-state index in [0.717, 1.165) is 0 Å². The van der Waals surface area contributed by atoms with Gasteiger partial charge in [-0.2, -0.15) is 0 Å². The molecule has 0 saturated heterocycles. The molecule has 14 rings (SSSR count). The van der Waals surface area contributed by atoms with Crippen molar-refractivity contribution in [2.45, 2.75) is 131 Å². The molecule has 0 atom stereocenters. The van der Waals surface area contributed by atoms with Crippen molar-refractivity contribution < 1.29 is 0 Å². The van der Waals surface area contributed by atoms with Gasteiger partial charge in [0.05, 0.1) is 17.1 Å². The largest absolute Gasteiger partial charge is 0.311 e. The Balaban J connectivity index is 1.10. The topological polar surface area (TPSA) is 6.48 Å². The lowest BCUT2D eigenvalue weighted by Crippen LogP contribution is -2.60. The molecule has 3 heterocycles. The summed E-state index contributed by atoms with van der Waals surface area (Å²) in [5.74, 6) is 0. The summed E-state index contributed by atoms with van der Waals surface area (Å²) >= 11 is 1.99. The summed E-state index contributed by atoms with van der Waals surface area (Å²) in [4.78, 5) is 5.38. The highest BCUT2D eigenvalue weighted by Gasteiger charge is 2.47. The average Bonchev–Trinajstić information content (AvgIpc) is 1.29. The van der Waals surface area contributed by atoms with E-state index < -0.39 is 0 Å². The van der Waals surface area contributed by atoms with Crippen molar-refractivity contribution in [3.8, 4) is 33.4 Å². The molecule has 2 aliphatic rings. The van der Waals surface area contributed by atoms with Crippen LogP contribution in [0.25, 0.3) is 75.8 Å². The van der Waals surface area contributed by atoms with Crippen molar-refractivity contribution >= 4 is 110 Å². The number of fused-ring (bicyclic) bond motifs is 12. The Morgan fingerprint density at radius 1 is 0.291 bits per heavy atom. The maximum absolute atomic E-state index is 2.73. The summed E-state index contributed by atoms with van der Waals surface area (Å²) in [6.07, 6.45) is 0. The SMILES string of the molecule is CC(C)(C)c1ccc(-c2cccc(-c3ccc(C(C)(C)C)cc3)c2N2c3cccc4c3B(c3cc(C(C)(C)C)ccc3N4c3ccc(C(C)(C)C)cc3-c3ccc4c5ccccc5c5ccccc5c4c3)c3sc4ccc(C(C)(C)C)cc4c32)cc1. The highest BCUT2D eigenvalue weighted by atomic mass is 32.1. The first-order valence-electron chi connectivity index (χ1n) is 31.1. The van der Waals surface area contributed by atoms with Crippen LogP contribution in [-0.2, 0) is 27.1 Å². The van der Waals surface area contributed by atoms with E-state index in [-0.39, 0.29) is 33.8 Å². The Kier molecular flexibility index (Phi) is 12.7. The molecule has 1 aromatic heterocycles. The molecule has 0 radical (unpaired) electrons. The van der Waals surface area contributed by atoms with Crippen LogP contribution >= 0.6 is 11.3 Å². The summed E-state index contributed by atoms with van der Waals surface area (Å²) in [5, 5.41) is 8.98. The van der Waals surface area contributed by atoms with Gasteiger partial charge < -0.3 is 9.80 Å². The van der Waals surface area contributed by atoms with E-state index in [2.05, 4.69) is 320 Å². The molecule has 2 nitrogen and oxygen atoms in total. The fourth-order valence-corrected chi connectivity index (χ4v) is 15.2. The number of nitrogens with zero attached hydrogens (tertiary/aromatic N) is 2. The zero-order chi connectivity index (χ0) is 60.1. The Hall–Kier alpha value is -8.18. The number of thiophene rings is 1. The Bertz CT molecular complexity index is 4600. The van der Waals surface area contributed by atoms with Crippen molar-refractivity contribution in [2.75, 3.05) is 9.80 Å². The third-order valence-electron chi connectivity index (χ3n) is 18.9. The van der Waals surface area contributed by atoms with Crippen LogP contribution < -0.4 is 25.5 Å². The highest BCUT2D eigenvalue weighted by molar-refractivity contribution is 7.33. The minimum atomic E-state index is -0.0958. The van der Waals surface area contributed by atoms with Gasteiger partial charge in [0.15, 0.2) is 0 Å². The molecule has 426 valence electrons. The highest BCUT2D eigenvalue weighted by Crippen LogP contribution is 2.54. The van der Waals surface area contributed by atoms with E-state index in [1.54, 1.807) is 0 Å². The van der Waals surface area contributed by atoms with E-state index >= 15 is 0 Å². The van der Waals surface area contributed by atoms with Gasteiger partial charge in [-0.3, -0.25) is 0 Å². The number of hydrogen-bond acceptors (Lipinski definition) is 3. The summed E-state index contributed by atoms with van der Waals surface area (Å²) in [5.41, 5.74) is 23.6. The fraction of sp³-hybridized carbons (Fsp3) is 0.244. The van der Waals surface area contributed by atoms with Crippen LogP contribution in [0.4, 0.5) is 34.1 Å². The van der Waals surface area contributed by atoms with Gasteiger partial charge in [-0.15, -0.1) is 11.3 Å². The smallest absolute Gasteiger partial charge is 0.264 e. The van der Waals surface area contributed by atoms with E-state index in [0.29, 0.717) is 0 Å². The predicted molar refractivity (Wildman–Crippen MR) is 378 cm³/mol. The molecule has 0 bridgehead atoms. The van der Waals surface area contributed by atoms with E-state index in [9.17, 15) is 0 Å². The van der Waals surface area contributed by atoms with Gasteiger partial charge >= 0.3 is 0 Å². The zero-order valence-electron chi connectivity index (χ0n) is 53.0. The molecule has 86 heavy (non-hydrogen) atoms. The number of anilines is 6. The summed E-state index contributed by atoms with van der Waals surface area (Å²) in [7, 11) is 0. The third-order valence-corrected chi connectivity index (χ3v) is 20.1. The normalized spacial score (nSPS) is 13.7. The third kappa shape index (κ3) is 9.11. The monoisotopic (exact) mass is 1130 g/mol. The molecule has 0 saturated carbocycles. The number of para-hydroxylation sites is 1. The van der Waals surface area contributed by atoms with Crippen molar-refractivity contribution in [3.05, 3.63) is 234 Å². The number of benzene rings is 11. The van der Waals surface area contributed by atoms with E-state index in [1.165, 1.54) is 153 Å². The second-order valence-electron chi connectivity index (χ2n) is 29.8. The summed E-state index contributed by atoms with van der Waals surface area (Å²) in [6, 6.07) is 80.5. The molecule has 0 amide bonds. The molecular weight excluding hydrogens is 1060 g/mol. The van der Waals surface area contributed by atoms with Gasteiger partial charge in [0.2, 0.25) is 0 Å². The lowest BCUT2D eigenvalue weighted by molar-refractivity contribution is 0.590. The fourth-order valence-electron chi connectivity index (χ4n) is 13.9. The van der Waals surface area contributed by atoms with E-state index in [1.807, 2.05) is 11.3 Å². The van der Waals surface area contributed by atoms with E-state index in [4.69, 9.17) is 0 Å². The molecule has 2 aliphatic heterocycles. The van der Waals surface area contributed by atoms with Crippen LogP contribution in [-0.4, -0.2) is 6.71 Å². The maximum atomic E-state index is 2.73. The minimum absolute atomic E-state index is 0.0117. The molecule has 0 spiro atoms. The Morgan fingerprint density at radius 2 is 0.721 bits per heavy atom. The first-order chi connectivity index (χ1) is 40.8. The first-order valence-corrected chi connectivity index (χ1v) is 31.9. The first kappa shape index (κ1) is 55.7. The van der Waals surface area contributed by atoms with Crippen molar-refractivity contribution in [1.82, 2.24) is 0 Å². The van der Waals surface area contributed by atoms with Crippen molar-refractivity contribution in [3.63, 3.8) is 0 Å². The Labute approximate surface area is 515 Å². The lowest BCUT2D eigenvalue weighted by Gasteiger charge is -2.44.